The molecule has 0 fully saturated rings. The third kappa shape index (κ3) is 5.30. The van der Waals surface area contributed by atoms with Crippen molar-refractivity contribution >= 4 is 28.6 Å². The van der Waals surface area contributed by atoms with Crippen LogP contribution in [0.1, 0.15) is 37.9 Å². The van der Waals surface area contributed by atoms with Gasteiger partial charge < -0.3 is 5.32 Å². The molecule has 5 heteroatoms. The molecule has 0 bridgehead atoms. The smallest absolute Gasteiger partial charge is 0.230 e. The molecular weight excluding hydrogens is 354 g/mol. The third-order valence-electron chi connectivity index (χ3n) is 4.35. The lowest BCUT2D eigenvalue weighted by molar-refractivity contribution is -0.119. The highest BCUT2D eigenvalue weighted by Gasteiger charge is 2.12. The van der Waals surface area contributed by atoms with E-state index in [1.807, 2.05) is 31.2 Å². The van der Waals surface area contributed by atoms with Gasteiger partial charge in [0.15, 0.2) is 0 Å². The van der Waals surface area contributed by atoms with Gasteiger partial charge in [0.05, 0.1) is 17.3 Å². The van der Waals surface area contributed by atoms with Crippen LogP contribution in [-0.2, 0) is 11.2 Å². The van der Waals surface area contributed by atoms with Crippen LogP contribution in [0.15, 0.2) is 59.9 Å². The SMILES string of the molecule is CC(C)Cc1ccc(C(C)NC(=O)CSc2ncnc3ccccc23)cc1. The Hall–Kier alpha value is -2.40. The number of hydrogen-bond donors (Lipinski definition) is 1. The molecule has 1 aromatic heterocycles. The normalized spacial score (nSPS) is 12.3. The quantitative estimate of drug-likeness (QED) is 0.473. The van der Waals surface area contributed by atoms with Crippen LogP contribution < -0.4 is 5.32 Å². The number of fused-ring (bicyclic) bond motifs is 1. The first-order chi connectivity index (χ1) is 13.0. The van der Waals surface area contributed by atoms with Crippen LogP contribution in [0.3, 0.4) is 0 Å². The summed E-state index contributed by atoms with van der Waals surface area (Å²) in [6.45, 7) is 6.45. The van der Waals surface area contributed by atoms with E-state index in [4.69, 9.17) is 0 Å². The van der Waals surface area contributed by atoms with E-state index >= 15 is 0 Å². The monoisotopic (exact) mass is 379 g/mol. The summed E-state index contributed by atoms with van der Waals surface area (Å²) >= 11 is 1.44. The van der Waals surface area contributed by atoms with Crippen LogP contribution >= 0.6 is 11.8 Å². The van der Waals surface area contributed by atoms with Crippen LogP contribution in [-0.4, -0.2) is 21.6 Å². The van der Waals surface area contributed by atoms with Crippen molar-refractivity contribution in [3.63, 3.8) is 0 Å². The molecule has 3 aromatic rings. The second kappa shape index (κ2) is 9.00. The van der Waals surface area contributed by atoms with Gasteiger partial charge in [0.25, 0.3) is 0 Å². The maximum absolute atomic E-state index is 12.4. The fourth-order valence-corrected chi connectivity index (χ4v) is 3.81. The van der Waals surface area contributed by atoms with Crippen molar-refractivity contribution in [2.75, 3.05) is 5.75 Å². The summed E-state index contributed by atoms with van der Waals surface area (Å²) in [4.78, 5) is 21.0. The number of rotatable bonds is 7. The van der Waals surface area contributed by atoms with Gasteiger partial charge in [0, 0.05) is 5.39 Å². The van der Waals surface area contributed by atoms with Gasteiger partial charge >= 0.3 is 0 Å². The minimum atomic E-state index is -0.0201. The van der Waals surface area contributed by atoms with Crippen molar-refractivity contribution in [2.45, 2.75) is 38.3 Å². The highest BCUT2D eigenvalue weighted by Crippen LogP contribution is 2.24. The molecule has 140 valence electrons. The molecule has 3 rings (SSSR count). The second-order valence-corrected chi connectivity index (χ2v) is 8.08. The molecule has 27 heavy (non-hydrogen) atoms. The van der Waals surface area contributed by atoms with E-state index in [1.54, 1.807) is 6.33 Å². The Morgan fingerprint density at radius 1 is 1.04 bits per heavy atom. The number of carbonyl (C=O) groups is 1. The number of carbonyl (C=O) groups excluding carboxylic acids is 1. The van der Waals surface area contributed by atoms with Gasteiger partial charge in [-0.15, -0.1) is 0 Å². The molecular formula is C22H25N3OS. The van der Waals surface area contributed by atoms with E-state index in [2.05, 4.69) is 53.4 Å². The molecule has 1 heterocycles. The van der Waals surface area contributed by atoms with Gasteiger partial charge in [-0.2, -0.15) is 0 Å². The Balaban J connectivity index is 1.57. The van der Waals surface area contributed by atoms with Gasteiger partial charge in [-0.1, -0.05) is 68.1 Å². The van der Waals surface area contributed by atoms with E-state index in [9.17, 15) is 4.79 Å². The Labute approximate surface area is 164 Å². The molecule has 2 aromatic carbocycles. The zero-order valence-electron chi connectivity index (χ0n) is 16.0. The minimum Gasteiger partial charge on any atom is -0.349 e. The van der Waals surface area contributed by atoms with E-state index in [0.29, 0.717) is 11.7 Å². The Morgan fingerprint density at radius 3 is 2.52 bits per heavy atom. The summed E-state index contributed by atoms with van der Waals surface area (Å²) < 4.78 is 0. The average molecular weight is 380 g/mol. The van der Waals surface area contributed by atoms with Crippen molar-refractivity contribution in [3.8, 4) is 0 Å². The van der Waals surface area contributed by atoms with E-state index in [0.717, 1.165) is 27.9 Å². The van der Waals surface area contributed by atoms with Crippen molar-refractivity contribution < 1.29 is 4.79 Å². The molecule has 4 nitrogen and oxygen atoms in total. The predicted octanol–water partition coefficient (Wildman–Crippen LogP) is 4.80. The molecule has 0 aliphatic rings. The van der Waals surface area contributed by atoms with Crippen molar-refractivity contribution in [1.29, 1.82) is 0 Å². The van der Waals surface area contributed by atoms with E-state index < -0.39 is 0 Å². The molecule has 0 aliphatic heterocycles. The standard InChI is InChI=1S/C22H25N3OS/c1-15(2)12-17-8-10-18(11-9-17)16(3)25-21(26)13-27-22-19-6-4-5-7-20(19)23-14-24-22/h4-11,14-16H,12-13H2,1-3H3,(H,25,26). The van der Waals surface area contributed by atoms with Crippen LogP contribution in [0.4, 0.5) is 0 Å². The molecule has 0 radical (unpaired) electrons. The average Bonchev–Trinajstić information content (AvgIpc) is 2.66. The molecule has 0 spiro atoms. The molecule has 0 saturated heterocycles. The van der Waals surface area contributed by atoms with Gasteiger partial charge in [-0.05, 0) is 36.5 Å². The summed E-state index contributed by atoms with van der Waals surface area (Å²) in [6.07, 6.45) is 2.62. The number of nitrogens with zero attached hydrogens (tertiary/aromatic N) is 2. The van der Waals surface area contributed by atoms with Crippen molar-refractivity contribution in [1.82, 2.24) is 15.3 Å². The van der Waals surface area contributed by atoms with Gasteiger partial charge in [-0.25, -0.2) is 9.97 Å². The first-order valence-corrected chi connectivity index (χ1v) is 10.2. The number of para-hydroxylation sites is 1. The molecule has 0 saturated carbocycles. The summed E-state index contributed by atoms with van der Waals surface area (Å²) in [6, 6.07) is 16.3. The zero-order valence-corrected chi connectivity index (χ0v) is 16.8. The number of aromatic nitrogens is 2. The Bertz CT molecular complexity index is 904. The summed E-state index contributed by atoms with van der Waals surface area (Å²) in [5, 5.41) is 4.88. The highest BCUT2D eigenvalue weighted by atomic mass is 32.2. The van der Waals surface area contributed by atoms with Crippen LogP contribution in [0.25, 0.3) is 10.9 Å². The van der Waals surface area contributed by atoms with E-state index in [1.165, 1.54) is 17.3 Å². The third-order valence-corrected chi connectivity index (χ3v) is 5.35. The second-order valence-electron chi connectivity index (χ2n) is 7.11. The first-order valence-electron chi connectivity index (χ1n) is 9.23. The van der Waals surface area contributed by atoms with Crippen LogP contribution in [0.2, 0.25) is 0 Å². The molecule has 1 N–H and O–H groups in total. The number of amides is 1. The van der Waals surface area contributed by atoms with Crippen molar-refractivity contribution in [2.24, 2.45) is 5.92 Å². The zero-order chi connectivity index (χ0) is 19.2. The predicted molar refractivity (Wildman–Crippen MR) is 112 cm³/mol. The van der Waals surface area contributed by atoms with Crippen LogP contribution in [0.5, 0.6) is 0 Å². The maximum Gasteiger partial charge on any atom is 0.230 e. The lowest BCUT2D eigenvalue weighted by Crippen LogP contribution is -2.28. The topological polar surface area (TPSA) is 54.9 Å². The summed E-state index contributed by atoms with van der Waals surface area (Å²) in [5.41, 5.74) is 3.34. The highest BCUT2D eigenvalue weighted by molar-refractivity contribution is 8.00. The molecule has 1 unspecified atom stereocenters. The maximum atomic E-state index is 12.4. The number of hydrogen-bond acceptors (Lipinski definition) is 4. The number of benzene rings is 2. The molecule has 1 amide bonds. The van der Waals surface area contributed by atoms with Gasteiger partial charge in [-0.3, -0.25) is 4.79 Å². The summed E-state index contributed by atoms with van der Waals surface area (Å²) in [5.74, 6) is 0.973. The number of nitrogens with one attached hydrogen (secondary N) is 1. The minimum absolute atomic E-state index is 0.00134. The van der Waals surface area contributed by atoms with Crippen LogP contribution in [0, 0.1) is 5.92 Å². The largest absolute Gasteiger partial charge is 0.349 e. The fourth-order valence-electron chi connectivity index (χ4n) is 3.01. The molecule has 1 atom stereocenters. The van der Waals surface area contributed by atoms with Crippen molar-refractivity contribution in [3.05, 3.63) is 66.0 Å². The summed E-state index contributed by atoms with van der Waals surface area (Å²) in [7, 11) is 0. The lowest BCUT2D eigenvalue weighted by atomic mass is 10.00. The Kier molecular flexibility index (Phi) is 6.45. The molecule has 0 aliphatic carbocycles. The fraction of sp³-hybridized carbons (Fsp3) is 0.318. The van der Waals surface area contributed by atoms with Gasteiger partial charge in [0.1, 0.15) is 11.4 Å². The van der Waals surface area contributed by atoms with E-state index in [-0.39, 0.29) is 11.9 Å². The first kappa shape index (κ1) is 19.4. The Morgan fingerprint density at radius 2 is 1.78 bits per heavy atom. The lowest BCUT2D eigenvalue weighted by Gasteiger charge is -2.15. The van der Waals surface area contributed by atoms with Gasteiger partial charge in [0.2, 0.25) is 5.91 Å². The number of thioether (sulfide) groups is 1.